The molecular weight excluding hydrogens is 124 g/mol. The van der Waals surface area contributed by atoms with Crippen molar-refractivity contribution < 1.29 is 0 Å². The highest BCUT2D eigenvalue weighted by molar-refractivity contribution is 5.21. The van der Waals surface area contributed by atoms with Crippen LogP contribution < -0.4 is 10.6 Å². The molecule has 2 aliphatic heterocycles. The summed E-state index contributed by atoms with van der Waals surface area (Å²) in [5.74, 6) is 0.728. The summed E-state index contributed by atoms with van der Waals surface area (Å²) in [5, 5.41) is 6.85. The minimum atomic E-state index is 0.649. The molecule has 2 aliphatic rings. The monoisotopic (exact) mass is 138 g/mol. The fraction of sp³-hybridized carbons (Fsp3) is 0.750. The van der Waals surface area contributed by atoms with Crippen LogP contribution in [-0.4, -0.2) is 25.7 Å². The Balaban J connectivity index is 2.16. The predicted molar refractivity (Wildman–Crippen MR) is 41.9 cm³/mol. The van der Waals surface area contributed by atoms with Crippen LogP contribution >= 0.6 is 0 Å². The Labute approximate surface area is 61.7 Å². The Kier molecular flexibility index (Phi) is 1.51. The quantitative estimate of drug-likeness (QED) is 0.465. The lowest BCUT2D eigenvalue weighted by molar-refractivity contribution is 0.510. The smallest absolute Gasteiger partial charge is 0.0418 e. The lowest BCUT2D eigenvalue weighted by Crippen LogP contribution is -2.38. The van der Waals surface area contributed by atoms with E-state index in [0.29, 0.717) is 6.04 Å². The molecule has 0 radical (unpaired) electrons. The molecular formula is C8H14N2. The highest BCUT2D eigenvalue weighted by atomic mass is 15.0. The Bertz CT molecular complexity index is 163. The molecule has 2 nitrogen and oxygen atoms in total. The highest BCUT2D eigenvalue weighted by Gasteiger charge is 2.23. The number of hydrogen-bond acceptors (Lipinski definition) is 2. The van der Waals surface area contributed by atoms with Crippen LogP contribution in [0.2, 0.25) is 0 Å². The third-order valence-corrected chi connectivity index (χ3v) is 2.31. The minimum absolute atomic E-state index is 0.649. The number of hydrogen-bond donors (Lipinski definition) is 2. The molecule has 2 unspecified atom stereocenters. The van der Waals surface area contributed by atoms with Crippen LogP contribution in [0.25, 0.3) is 0 Å². The average molecular weight is 138 g/mol. The normalized spacial score (nSPS) is 39.1. The van der Waals surface area contributed by atoms with Gasteiger partial charge in [0, 0.05) is 25.7 Å². The van der Waals surface area contributed by atoms with Crippen LogP contribution in [0, 0.1) is 5.92 Å². The molecule has 1 saturated heterocycles. The SMILES string of the molecule is CC1C=C2CNCC2NC1. The fourth-order valence-electron chi connectivity index (χ4n) is 1.75. The maximum absolute atomic E-state index is 3.50. The van der Waals surface area contributed by atoms with Crippen molar-refractivity contribution in [3.8, 4) is 0 Å². The highest BCUT2D eigenvalue weighted by Crippen LogP contribution is 2.15. The van der Waals surface area contributed by atoms with Gasteiger partial charge in [-0.3, -0.25) is 0 Å². The Morgan fingerprint density at radius 1 is 1.50 bits per heavy atom. The van der Waals surface area contributed by atoms with Gasteiger partial charge < -0.3 is 10.6 Å². The summed E-state index contributed by atoms with van der Waals surface area (Å²) >= 11 is 0. The lowest BCUT2D eigenvalue weighted by Gasteiger charge is -2.22. The first kappa shape index (κ1) is 6.38. The first-order chi connectivity index (χ1) is 4.86. The molecule has 0 aromatic rings. The molecule has 0 aromatic carbocycles. The van der Waals surface area contributed by atoms with Crippen molar-refractivity contribution in [1.82, 2.24) is 10.6 Å². The molecule has 2 atom stereocenters. The number of rotatable bonds is 0. The van der Waals surface area contributed by atoms with Crippen molar-refractivity contribution in [3.63, 3.8) is 0 Å². The summed E-state index contributed by atoms with van der Waals surface area (Å²) in [4.78, 5) is 0. The summed E-state index contributed by atoms with van der Waals surface area (Å²) < 4.78 is 0. The van der Waals surface area contributed by atoms with Gasteiger partial charge in [0.1, 0.15) is 0 Å². The molecule has 2 heteroatoms. The predicted octanol–water partition coefficient (Wildman–Crippen LogP) is 0.124. The van der Waals surface area contributed by atoms with Crippen molar-refractivity contribution >= 4 is 0 Å². The molecule has 2 heterocycles. The molecule has 2 N–H and O–H groups in total. The van der Waals surface area contributed by atoms with E-state index in [0.717, 1.165) is 25.6 Å². The summed E-state index contributed by atoms with van der Waals surface area (Å²) in [7, 11) is 0. The van der Waals surface area contributed by atoms with E-state index in [1.54, 1.807) is 5.57 Å². The molecule has 0 amide bonds. The van der Waals surface area contributed by atoms with Crippen molar-refractivity contribution in [3.05, 3.63) is 11.6 Å². The molecule has 56 valence electrons. The summed E-state index contributed by atoms with van der Waals surface area (Å²) in [6.07, 6.45) is 2.40. The second kappa shape index (κ2) is 2.36. The van der Waals surface area contributed by atoms with E-state index in [2.05, 4.69) is 23.6 Å². The van der Waals surface area contributed by atoms with Gasteiger partial charge in [0.15, 0.2) is 0 Å². The second-order valence-electron chi connectivity index (χ2n) is 3.31. The third-order valence-electron chi connectivity index (χ3n) is 2.31. The zero-order valence-electron chi connectivity index (χ0n) is 6.35. The average Bonchev–Trinajstić information content (AvgIpc) is 2.33. The first-order valence-electron chi connectivity index (χ1n) is 4.01. The van der Waals surface area contributed by atoms with Crippen molar-refractivity contribution in [2.75, 3.05) is 19.6 Å². The van der Waals surface area contributed by atoms with E-state index in [4.69, 9.17) is 0 Å². The van der Waals surface area contributed by atoms with Gasteiger partial charge in [0.05, 0.1) is 0 Å². The largest absolute Gasteiger partial charge is 0.311 e. The van der Waals surface area contributed by atoms with Crippen molar-refractivity contribution in [2.45, 2.75) is 13.0 Å². The Morgan fingerprint density at radius 2 is 2.40 bits per heavy atom. The van der Waals surface area contributed by atoms with E-state index >= 15 is 0 Å². The first-order valence-corrected chi connectivity index (χ1v) is 4.01. The van der Waals surface area contributed by atoms with Crippen LogP contribution in [0.4, 0.5) is 0 Å². The van der Waals surface area contributed by atoms with E-state index in [1.165, 1.54) is 0 Å². The summed E-state index contributed by atoms with van der Waals surface area (Å²) in [5.41, 5.74) is 1.57. The van der Waals surface area contributed by atoms with Crippen LogP contribution in [0.15, 0.2) is 11.6 Å². The van der Waals surface area contributed by atoms with E-state index in [1.807, 2.05) is 0 Å². The molecule has 10 heavy (non-hydrogen) atoms. The molecule has 0 aliphatic carbocycles. The molecule has 0 bridgehead atoms. The molecule has 1 fully saturated rings. The number of nitrogens with one attached hydrogen (secondary N) is 2. The fourth-order valence-corrected chi connectivity index (χ4v) is 1.75. The van der Waals surface area contributed by atoms with E-state index in [-0.39, 0.29) is 0 Å². The summed E-state index contributed by atoms with van der Waals surface area (Å²) in [6.45, 7) is 5.63. The van der Waals surface area contributed by atoms with E-state index < -0.39 is 0 Å². The van der Waals surface area contributed by atoms with Gasteiger partial charge in [-0.2, -0.15) is 0 Å². The number of fused-ring (bicyclic) bond motifs is 1. The van der Waals surface area contributed by atoms with Crippen LogP contribution in [-0.2, 0) is 0 Å². The van der Waals surface area contributed by atoms with E-state index in [9.17, 15) is 0 Å². The minimum Gasteiger partial charge on any atom is -0.311 e. The Hall–Kier alpha value is -0.340. The lowest BCUT2D eigenvalue weighted by atomic mass is 9.99. The maximum atomic E-state index is 3.50. The van der Waals surface area contributed by atoms with Gasteiger partial charge in [-0.15, -0.1) is 0 Å². The zero-order chi connectivity index (χ0) is 6.97. The van der Waals surface area contributed by atoms with Gasteiger partial charge in [0.25, 0.3) is 0 Å². The summed E-state index contributed by atoms with van der Waals surface area (Å²) in [6, 6.07) is 0.649. The topological polar surface area (TPSA) is 24.1 Å². The molecule has 2 rings (SSSR count). The molecule has 0 saturated carbocycles. The third kappa shape index (κ3) is 0.976. The van der Waals surface area contributed by atoms with Crippen LogP contribution in [0.1, 0.15) is 6.92 Å². The van der Waals surface area contributed by atoms with Crippen molar-refractivity contribution in [1.29, 1.82) is 0 Å². The second-order valence-corrected chi connectivity index (χ2v) is 3.31. The van der Waals surface area contributed by atoms with Gasteiger partial charge in [-0.05, 0) is 11.5 Å². The van der Waals surface area contributed by atoms with Crippen molar-refractivity contribution in [2.24, 2.45) is 5.92 Å². The van der Waals surface area contributed by atoms with Gasteiger partial charge in [-0.1, -0.05) is 13.0 Å². The van der Waals surface area contributed by atoms with Crippen LogP contribution in [0.3, 0.4) is 0 Å². The standard InChI is InChI=1S/C8H14N2/c1-6-2-7-4-9-5-8(7)10-3-6/h2,6,8-10H,3-5H2,1H3. The van der Waals surface area contributed by atoms with Gasteiger partial charge >= 0.3 is 0 Å². The van der Waals surface area contributed by atoms with Crippen LogP contribution in [0.5, 0.6) is 0 Å². The van der Waals surface area contributed by atoms with Gasteiger partial charge in [0.2, 0.25) is 0 Å². The van der Waals surface area contributed by atoms with Gasteiger partial charge in [-0.25, -0.2) is 0 Å². The maximum Gasteiger partial charge on any atom is 0.0418 e. The molecule has 0 spiro atoms. The Morgan fingerprint density at radius 3 is 3.30 bits per heavy atom. The molecule has 0 aromatic heterocycles. The zero-order valence-corrected chi connectivity index (χ0v) is 6.35.